The van der Waals surface area contributed by atoms with E-state index in [1.807, 2.05) is 63.2 Å². The average Bonchev–Trinajstić information content (AvgIpc) is 2.59. The second-order valence-electron chi connectivity index (χ2n) is 5.98. The molecule has 0 bridgehead atoms. The number of fused-ring (bicyclic) bond motifs is 1. The van der Waals surface area contributed by atoms with Gasteiger partial charge in [-0.25, -0.2) is 5.43 Å². The molecule has 25 heavy (non-hydrogen) atoms. The van der Waals surface area contributed by atoms with Gasteiger partial charge in [-0.3, -0.25) is 9.78 Å². The molecule has 0 radical (unpaired) electrons. The largest absolute Gasteiger partial charge is 0.272 e. The van der Waals surface area contributed by atoms with E-state index in [1.165, 1.54) is 0 Å². The molecule has 0 aliphatic heterocycles. The minimum Gasteiger partial charge on any atom is -0.267 e. The maximum atomic E-state index is 12.7. The van der Waals surface area contributed by atoms with Crippen molar-refractivity contribution in [3.05, 3.63) is 75.4 Å². The van der Waals surface area contributed by atoms with Crippen LogP contribution in [0.1, 0.15) is 34.1 Å². The predicted molar refractivity (Wildman–Crippen MR) is 105 cm³/mol. The van der Waals surface area contributed by atoms with Crippen molar-refractivity contribution in [2.45, 2.75) is 20.8 Å². The number of halogens is 1. The summed E-state index contributed by atoms with van der Waals surface area (Å²) in [5.74, 6) is -0.238. The topological polar surface area (TPSA) is 54.4 Å². The van der Waals surface area contributed by atoms with Crippen LogP contribution in [0.15, 0.2) is 58.1 Å². The van der Waals surface area contributed by atoms with E-state index in [1.54, 1.807) is 6.07 Å². The summed E-state index contributed by atoms with van der Waals surface area (Å²) in [4.78, 5) is 17.1. The lowest BCUT2D eigenvalue weighted by molar-refractivity contribution is 0.0956. The number of amides is 1. The molecule has 1 amide bonds. The number of benzene rings is 2. The van der Waals surface area contributed by atoms with Gasteiger partial charge in [-0.15, -0.1) is 0 Å². The van der Waals surface area contributed by atoms with Gasteiger partial charge in [0.2, 0.25) is 0 Å². The molecule has 0 saturated heterocycles. The van der Waals surface area contributed by atoms with Gasteiger partial charge in [0.05, 0.1) is 16.8 Å². The molecule has 3 rings (SSSR count). The third kappa shape index (κ3) is 3.94. The molecule has 1 N–H and O–H groups in total. The Kier molecular flexibility index (Phi) is 4.95. The highest BCUT2D eigenvalue weighted by molar-refractivity contribution is 9.10. The van der Waals surface area contributed by atoms with Crippen LogP contribution in [0.3, 0.4) is 0 Å². The summed E-state index contributed by atoms with van der Waals surface area (Å²) in [6.45, 7) is 5.74. The Morgan fingerprint density at radius 3 is 2.52 bits per heavy atom. The molecule has 5 heteroatoms. The van der Waals surface area contributed by atoms with Gasteiger partial charge < -0.3 is 0 Å². The highest BCUT2D eigenvalue weighted by Gasteiger charge is 2.12. The van der Waals surface area contributed by atoms with Crippen molar-refractivity contribution in [1.82, 2.24) is 10.4 Å². The molecule has 1 aromatic heterocycles. The van der Waals surface area contributed by atoms with Crippen molar-refractivity contribution in [2.75, 3.05) is 0 Å². The van der Waals surface area contributed by atoms with Crippen LogP contribution in [-0.2, 0) is 0 Å². The molecule has 126 valence electrons. The number of hydrogen-bond acceptors (Lipinski definition) is 3. The fourth-order valence-corrected chi connectivity index (χ4v) is 2.87. The maximum Gasteiger partial charge on any atom is 0.272 e. The third-order valence-electron chi connectivity index (χ3n) is 3.92. The van der Waals surface area contributed by atoms with E-state index in [-0.39, 0.29) is 5.91 Å². The number of nitrogens with zero attached hydrogens (tertiary/aromatic N) is 2. The van der Waals surface area contributed by atoms with Gasteiger partial charge in [0.1, 0.15) is 0 Å². The minimum atomic E-state index is -0.238. The fraction of sp³-hybridized carbons (Fsp3) is 0.150. The zero-order valence-corrected chi connectivity index (χ0v) is 15.9. The first-order valence-electron chi connectivity index (χ1n) is 7.92. The molecule has 0 aliphatic carbocycles. The molecule has 0 spiro atoms. The first kappa shape index (κ1) is 17.3. The van der Waals surface area contributed by atoms with Gasteiger partial charge in [-0.1, -0.05) is 39.7 Å². The number of hydrazone groups is 1. The molecule has 2 aromatic carbocycles. The van der Waals surface area contributed by atoms with E-state index in [0.717, 1.165) is 37.9 Å². The standard InChI is InChI=1S/C20H18BrN3O/c1-12-4-9-19-17(10-12)18(11-13(2)22-19)20(25)24-23-14(3)15-5-7-16(21)8-6-15/h4-11H,1-3H3,(H,24,25). The monoisotopic (exact) mass is 395 g/mol. The van der Waals surface area contributed by atoms with Gasteiger partial charge in [0, 0.05) is 15.6 Å². The molecule has 4 nitrogen and oxygen atoms in total. The number of carbonyl (C=O) groups excluding carboxylic acids is 1. The number of pyridine rings is 1. The summed E-state index contributed by atoms with van der Waals surface area (Å²) in [7, 11) is 0. The number of carbonyl (C=O) groups is 1. The zero-order chi connectivity index (χ0) is 18.0. The van der Waals surface area contributed by atoms with Crippen LogP contribution in [0, 0.1) is 13.8 Å². The van der Waals surface area contributed by atoms with E-state index in [9.17, 15) is 4.79 Å². The molecular formula is C20H18BrN3O. The Morgan fingerprint density at radius 1 is 1.08 bits per heavy atom. The van der Waals surface area contributed by atoms with Crippen LogP contribution < -0.4 is 5.43 Å². The molecule has 0 unspecified atom stereocenters. The van der Waals surface area contributed by atoms with E-state index < -0.39 is 0 Å². The first-order chi connectivity index (χ1) is 11.9. The maximum absolute atomic E-state index is 12.7. The van der Waals surface area contributed by atoms with Crippen LogP contribution in [0.2, 0.25) is 0 Å². The van der Waals surface area contributed by atoms with Crippen molar-refractivity contribution in [2.24, 2.45) is 5.10 Å². The summed E-state index contributed by atoms with van der Waals surface area (Å²) in [6.07, 6.45) is 0. The zero-order valence-electron chi connectivity index (χ0n) is 14.3. The number of aromatic nitrogens is 1. The van der Waals surface area contributed by atoms with Crippen molar-refractivity contribution in [1.29, 1.82) is 0 Å². The van der Waals surface area contributed by atoms with E-state index in [4.69, 9.17) is 0 Å². The summed E-state index contributed by atoms with van der Waals surface area (Å²) in [5, 5.41) is 5.07. The van der Waals surface area contributed by atoms with Crippen molar-refractivity contribution in [3.8, 4) is 0 Å². The Morgan fingerprint density at radius 2 is 1.80 bits per heavy atom. The van der Waals surface area contributed by atoms with Gasteiger partial charge in [0.15, 0.2) is 0 Å². The average molecular weight is 396 g/mol. The lowest BCUT2D eigenvalue weighted by Gasteiger charge is -2.08. The highest BCUT2D eigenvalue weighted by Crippen LogP contribution is 2.20. The molecule has 0 aliphatic rings. The predicted octanol–water partition coefficient (Wildman–Crippen LogP) is 4.77. The third-order valence-corrected chi connectivity index (χ3v) is 4.45. The number of hydrogen-bond donors (Lipinski definition) is 1. The molecule has 1 heterocycles. The smallest absolute Gasteiger partial charge is 0.267 e. The lowest BCUT2D eigenvalue weighted by Crippen LogP contribution is -2.20. The first-order valence-corrected chi connectivity index (χ1v) is 8.72. The molecule has 3 aromatic rings. The van der Waals surface area contributed by atoms with Crippen LogP contribution >= 0.6 is 15.9 Å². The Labute approximate surface area is 155 Å². The Balaban J connectivity index is 1.91. The van der Waals surface area contributed by atoms with E-state index >= 15 is 0 Å². The van der Waals surface area contributed by atoms with E-state index in [0.29, 0.717) is 5.56 Å². The van der Waals surface area contributed by atoms with Crippen LogP contribution in [0.5, 0.6) is 0 Å². The summed E-state index contributed by atoms with van der Waals surface area (Å²) in [5.41, 5.74) is 7.63. The fourth-order valence-electron chi connectivity index (χ4n) is 2.61. The van der Waals surface area contributed by atoms with Crippen LogP contribution in [0.25, 0.3) is 10.9 Å². The summed E-state index contributed by atoms with van der Waals surface area (Å²) in [6, 6.07) is 15.5. The van der Waals surface area contributed by atoms with Gasteiger partial charge in [-0.2, -0.15) is 5.10 Å². The molecular weight excluding hydrogens is 378 g/mol. The van der Waals surface area contributed by atoms with E-state index in [2.05, 4.69) is 31.4 Å². The molecule has 0 fully saturated rings. The number of nitrogens with one attached hydrogen (secondary N) is 1. The minimum absolute atomic E-state index is 0.238. The second-order valence-corrected chi connectivity index (χ2v) is 6.89. The quantitative estimate of drug-likeness (QED) is 0.512. The highest BCUT2D eigenvalue weighted by atomic mass is 79.9. The second kappa shape index (κ2) is 7.15. The van der Waals surface area contributed by atoms with Crippen LogP contribution in [0.4, 0.5) is 0 Å². The SMILES string of the molecule is CC(=NNC(=O)c1cc(C)nc2ccc(C)cc12)c1ccc(Br)cc1. The van der Waals surface area contributed by atoms with Crippen molar-refractivity contribution in [3.63, 3.8) is 0 Å². The molecule has 0 atom stereocenters. The lowest BCUT2D eigenvalue weighted by atomic mass is 10.0. The summed E-state index contributed by atoms with van der Waals surface area (Å²) < 4.78 is 1.00. The Hall–Kier alpha value is -2.53. The van der Waals surface area contributed by atoms with Crippen molar-refractivity contribution >= 4 is 38.5 Å². The Bertz CT molecular complexity index is 978. The van der Waals surface area contributed by atoms with Gasteiger partial charge >= 0.3 is 0 Å². The summed E-state index contributed by atoms with van der Waals surface area (Å²) >= 11 is 3.41. The van der Waals surface area contributed by atoms with Crippen molar-refractivity contribution < 1.29 is 4.79 Å². The molecule has 0 saturated carbocycles. The number of rotatable bonds is 3. The van der Waals surface area contributed by atoms with Gasteiger partial charge in [-0.05, 0) is 56.7 Å². The number of aryl methyl sites for hydroxylation is 2. The van der Waals surface area contributed by atoms with Gasteiger partial charge in [0.25, 0.3) is 5.91 Å². The van der Waals surface area contributed by atoms with Crippen LogP contribution in [-0.4, -0.2) is 16.6 Å². The normalized spacial score (nSPS) is 11.6.